The van der Waals surface area contributed by atoms with Crippen LogP contribution in [-0.4, -0.2) is 21.0 Å². The van der Waals surface area contributed by atoms with Crippen LogP contribution in [-0.2, 0) is 11.2 Å². The number of halogens is 1. The van der Waals surface area contributed by atoms with Crippen molar-refractivity contribution in [3.63, 3.8) is 0 Å². The van der Waals surface area contributed by atoms with Gasteiger partial charge in [-0.3, -0.25) is 14.8 Å². The summed E-state index contributed by atoms with van der Waals surface area (Å²) < 4.78 is 0. The first-order chi connectivity index (χ1) is 8.15. The van der Waals surface area contributed by atoms with Gasteiger partial charge in [0.05, 0.1) is 24.0 Å². The van der Waals surface area contributed by atoms with Gasteiger partial charge in [-0.1, -0.05) is 23.7 Å². The molecule has 1 N–H and O–H groups in total. The standard InChI is InChI=1S/C12H9ClN2O2/c13-9-3-1-8(2-4-9)11-7-14-10(6-15-11)5-12(16)17/h1-4,6-7H,5H2,(H,16,17). The molecule has 0 saturated heterocycles. The lowest BCUT2D eigenvalue weighted by molar-refractivity contribution is -0.136. The summed E-state index contributed by atoms with van der Waals surface area (Å²) >= 11 is 5.78. The Balaban J connectivity index is 2.23. The number of carbonyl (C=O) groups is 1. The molecule has 4 nitrogen and oxygen atoms in total. The van der Waals surface area contributed by atoms with Crippen LogP contribution in [0.3, 0.4) is 0 Å². The number of hydrogen-bond acceptors (Lipinski definition) is 3. The second kappa shape index (κ2) is 4.93. The second-order valence-corrected chi connectivity index (χ2v) is 3.91. The van der Waals surface area contributed by atoms with Gasteiger partial charge in [0, 0.05) is 16.8 Å². The van der Waals surface area contributed by atoms with Gasteiger partial charge in [0.15, 0.2) is 0 Å². The Morgan fingerprint density at radius 3 is 2.41 bits per heavy atom. The number of rotatable bonds is 3. The summed E-state index contributed by atoms with van der Waals surface area (Å²) in [7, 11) is 0. The third-order valence-electron chi connectivity index (χ3n) is 2.18. The molecule has 0 fully saturated rings. The minimum Gasteiger partial charge on any atom is -0.481 e. The van der Waals surface area contributed by atoms with Crippen LogP contribution in [0.4, 0.5) is 0 Å². The number of carboxylic acids is 1. The van der Waals surface area contributed by atoms with Crippen molar-refractivity contribution in [2.45, 2.75) is 6.42 Å². The molecule has 86 valence electrons. The fourth-order valence-corrected chi connectivity index (χ4v) is 1.50. The highest BCUT2D eigenvalue weighted by atomic mass is 35.5. The number of nitrogens with zero attached hydrogens (tertiary/aromatic N) is 2. The molecule has 1 aromatic heterocycles. The lowest BCUT2D eigenvalue weighted by Crippen LogP contribution is -2.02. The Morgan fingerprint density at radius 1 is 1.18 bits per heavy atom. The van der Waals surface area contributed by atoms with Gasteiger partial charge in [0.1, 0.15) is 0 Å². The minimum absolute atomic E-state index is 0.117. The maximum atomic E-state index is 10.5. The van der Waals surface area contributed by atoms with Gasteiger partial charge >= 0.3 is 5.97 Å². The molecule has 1 heterocycles. The first-order valence-corrected chi connectivity index (χ1v) is 5.31. The highest BCUT2D eigenvalue weighted by molar-refractivity contribution is 6.30. The van der Waals surface area contributed by atoms with Crippen molar-refractivity contribution in [2.24, 2.45) is 0 Å². The van der Waals surface area contributed by atoms with E-state index in [-0.39, 0.29) is 6.42 Å². The van der Waals surface area contributed by atoms with Crippen molar-refractivity contribution in [1.82, 2.24) is 9.97 Å². The Hall–Kier alpha value is -1.94. The van der Waals surface area contributed by atoms with Crippen LogP contribution in [0.25, 0.3) is 11.3 Å². The van der Waals surface area contributed by atoms with Gasteiger partial charge in [0.25, 0.3) is 0 Å². The van der Waals surface area contributed by atoms with Gasteiger partial charge in [0.2, 0.25) is 0 Å². The Labute approximate surface area is 103 Å². The molecule has 2 aromatic rings. The van der Waals surface area contributed by atoms with Gasteiger partial charge in [-0.2, -0.15) is 0 Å². The number of aromatic nitrogens is 2. The SMILES string of the molecule is O=C(O)Cc1cnc(-c2ccc(Cl)cc2)cn1. The van der Waals surface area contributed by atoms with E-state index in [9.17, 15) is 4.79 Å². The maximum absolute atomic E-state index is 10.5. The highest BCUT2D eigenvalue weighted by Crippen LogP contribution is 2.18. The van der Waals surface area contributed by atoms with E-state index >= 15 is 0 Å². The molecule has 0 aliphatic carbocycles. The molecule has 0 saturated carbocycles. The topological polar surface area (TPSA) is 63.1 Å². The largest absolute Gasteiger partial charge is 0.481 e. The number of aliphatic carboxylic acids is 1. The molecule has 0 aliphatic heterocycles. The zero-order valence-corrected chi connectivity index (χ0v) is 9.55. The normalized spacial score (nSPS) is 10.2. The van der Waals surface area contributed by atoms with E-state index in [1.807, 2.05) is 12.1 Å². The summed E-state index contributed by atoms with van der Waals surface area (Å²) in [4.78, 5) is 18.7. The van der Waals surface area contributed by atoms with E-state index in [1.165, 1.54) is 6.20 Å². The minimum atomic E-state index is -0.918. The van der Waals surface area contributed by atoms with Gasteiger partial charge in [-0.15, -0.1) is 0 Å². The average Bonchev–Trinajstić information content (AvgIpc) is 2.30. The van der Waals surface area contributed by atoms with E-state index in [0.717, 1.165) is 5.56 Å². The first-order valence-electron chi connectivity index (χ1n) is 4.94. The van der Waals surface area contributed by atoms with Gasteiger partial charge in [-0.25, -0.2) is 0 Å². The molecular weight excluding hydrogens is 240 g/mol. The maximum Gasteiger partial charge on any atom is 0.309 e. The molecule has 0 spiro atoms. The van der Waals surface area contributed by atoms with Crippen LogP contribution in [0.5, 0.6) is 0 Å². The zero-order valence-electron chi connectivity index (χ0n) is 8.80. The van der Waals surface area contributed by atoms with Crippen LogP contribution >= 0.6 is 11.6 Å². The lowest BCUT2D eigenvalue weighted by atomic mass is 10.1. The predicted molar refractivity (Wildman–Crippen MR) is 63.8 cm³/mol. The molecule has 0 bridgehead atoms. The summed E-state index contributed by atoms with van der Waals surface area (Å²) in [5, 5.41) is 9.26. The van der Waals surface area contributed by atoms with E-state index in [0.29, 0.717) is 16.4 Å². The molecule has 17 heavy (non-hydrogen) atoms. The quantitative estimate of drug-likeness (QED) is 0.906. The predicted octanol–water partition coefficient (Wildman–Crippen LogP) is 2.42. The molecule has 0 atom stereocenters. The highest BCUT2D eigenvalue weighted by Gasteiger charge is 2.04. The molecular formula is C12H9ClN2O2. The Morgan fingerprint density at radius 2 is 1.88 bits per heavy atom. The number of hydrogen-bond donors (Lipinski definition) is 1. The Kier molecular flexibility index (Phi) is 3.35. The second-order valence-electron chi connectivity index (χ2n) is 3.47. The zero-order chi connectivity index (χ0) is 12.3. The van der Waals surface area contributed by atoms with Crippen molar-refractivity contribution in [3.8, 4) is 11.3 Å². The fraction of sp³-hybridized carbons (Fsp3) is 0.0833. The summed E-state index contributed by atoms with van der Waals surface area (Å²) in [6.07, 6.45) is 2.91. The van der Waals surface area contributed by atoms with E-state index in [1.54, 1.807) is 18.3 Å². The monoisotopic (exact) mass is 248 g/mol. The molecule has 0 radical (unpaired) electrons. The average molecular weight is 249 g/mol. The number of carboxylic acid groups (broad SMARTS) is 1. The van der Waals surface area contributed by atoms with Crippen LogP contribution in [0, 0.1) is 0 Å². The van der Waals surface area contributed by atoms with Crippen molar-refractivity contribution < 1.29 is 9.90 Å². The molecule has 0 amide bonds. The smallest absolute Gasteiger partial charge is 0.309 e. The van der Waals surface area contributed by atoms with Crippen LogP contribution < -0.4 is 0 Å². The first kappa shape index (κ1) is 11.5. The van der Waals surface area contributed by atoms with Crippen molar-refractivity contribution in [1.29, 1.82) is 0 Å². The molecule has 1 aromatic carbocycles. The van der Waals surface area contributed by atoms with Crippen LogP contribution in [0.1, 0.15) is 5.69 Å². The van der Waals surface area contributed by atoms with Crippen LogP contribution in [0.2, 0.25) is 5.02 Å². The summed E-state index contributed by atoms with van der Waals surface area (Å²) in [5.41, 5.74) is 2.02. The third-order valence-corrected chi connectivity index (χ3v) is 2.43. The fourth-order valence-electron chi connectivity index (χ4n) is 1.37. The third kappa shape index (κ3) is 3.01. The molecule has 0 unspecified atom stereocenters. The molecule has 0 aliphatic rings. The Bertz CT molecular complexity index is 523. The summed E-state index contributed by atoms with van der Waals surface area (Å²) in [6.45, 7) is 0. The summed E-state index contributed by atoms with van der Waals surface area (Å²) in [6, 6.07) is 7.21. The van der Waals surface area contributed by atoms with Crippen molar-refractivity contribution >= 4 is 17.6 Å². The lowest BCUT2D eigenvalue weighted by Gasteiger charge is -2.01. The molecule has 2 rings (SSSR count). The van der Waals surface area contributed by atoms with Crippen molar-refractivity contribution in [2.75, 3.05) is 0 Å². The summed E-state index contributed by atoms with van der Waals surface area (Å²) in [5.74, 6) is -0.918. The van der Waals surface area contributed by atoms with Crippen molar-refractivity contribution in [3.05, 3.63) is 47.4 Å². The molecule has 5 heteroatoms. The van der Waals surface area contributed by atoms with Gasteiger partial charge < -0.3 is 5.11 Å². The van der Waals surface area contributed by atoms with E-state index < -0.39 is 5.97 Å². The number of benzene rings is 1. The van der Waals surface area contributed by atoms with E-state index in [4.69, 9.17) is 16.7 Å². The van der Waals surface area contributed by atoms with Gasteiger partial charge in [-0.05, 0) is 12.1 Å². The van der Waals surface area contributed by atoms with E-state index in [2.05, 4.69) is 9.97 Å². The van der Waals surface area contributed by atoms with Crippen LogP contribution in [0.15, 0.2) is 36.7 Å².